The number of ketones is 1. The minimum absolute atomic E-state index is 0.170. The van der Waals surface area contributed by atoms with Crippen molar-refractivity contribution in [2.45, 2.75) is 84.0 Å². The number of carbonyl (C=O) groups is 1. The summed E-state index contributed by atoms with van der Waals surface area (Å²) in [5.41, 5.74) is 2.29. The molecule has 0 spiro atoms. The van der Waals surface area contributed by atoms with Crippen LogP contribution in [0.25, 0.3) is 0 Å². The number of hydrogen-bond donors (Lipinski definition) is 0. The van der Waals surface area contributed by atoms with Crippen LogP contribution in [-0.2, 0) is 0 Å². The largest absolute Gasteiger partial charge is 0.295 e. The molecule has 1 aromatic carbocycles. The predicted molar refractivity (Wildman–Crippen MR) is 102 cm³/mol. The van der Waals surface area contributed by atoms with Gasteiger partial charge in [0.15, 0.2) is 5.78 Å². The molecular formula is C23H34O. The van der Waals surface area contributed by atoms with Crippen molar-refractivity contribution >= 4 is 5.78 Å². The monoisotopic (exact) mass is 326 g/mol. The van der Waals surface area contributed by atoms with Crippen LogP contribution in [0.15, 0.2) is 24.3 Å². The van der Waals surface area contributed by atoms with E-state index in [1.165, 1.54) is 69.8 Å². The first-order valence-corrected chi connectivity index (χ1v) is 10.3. The zero-order valence-corrected chi connectivity index (χ0v) is 15.6. The minimum atomic E-state index is 0.170. The molecule has 2 fully saturated rings. The molecule has 0 unspecified atom stereocenters. The molecule has 0 amide bonds. The van der Waals surface area contributed by atoms with Gasteiger partial charge >= 0.3 is 0 Å². The molecule has 24 heavy (non-hydrogen) atoms. The van der Waals surface area contributed by atoms with Gasteiger partial charge in [0.25, 0.3) is 0 Å². The smallest absolute Gasteiger partial charge is 0.159 e. The first-order chi connectivity index (χ1) is 11.7. The van der Waals surface area contributed by atoms with E-state index >= 15 is 0 Å². The lowest BCUT2D eigenvalue weighted by atomic mass is 9.68. The summed E-state index contributed by atoms with van der Waals surface area (Å²) in [7, 11) is 0. The molecule has 0 N–H and O–H groups in total. The van der Waals surface area contributed by atoms with Gasteiger partial charge in [-0.1, -0.05) is 56.9 Å². The third kappa shape index (κ3) is 4.29. The Hall–Kier alpha value is -1.11. The van der Waals surface area contributed by atoms with Gasteiger partial charge in [0.2, 0.25) is 0 Å². The van der Waals surface area contributed by atoms with E-state index in [1.54, 1.807) is 6.92 Å². The van der Waals surface area contributed by atoms with E-state index in [1.807, 2.05) is 12.1 Å². The van der Waals surface area contributed by atoms with Crippen LogP contribution in [-0.4, -0.2) is 5.78 Å². The summed E-state index contributed by atoms with van der Waals surface area (Å²) in [6.07, 6.45) is 14.3. The molecule has 0 saturated heterocycles. The van der Waals surface area contributed by atoms with E-state index in [0.717, 1.165) is 29.2 Å². The second-order valence-corrected chi connectivity index (χ2v) is 8.36. The standard InChI is InChI=1S/C23H34O/c1-3-4-18-5-7-20(8-6-18)22-13-15-23(16-14-22)21-11-9-19(10-12-21)17(2)24/h9-12,18,20,22-23H,3-8,13-16H2,1-2H3. The molecule has 132 valence electrons. The van der Waals surface area contributed by atoms with Crippen molar-refractivity contribution in [3.63, 3.8) is 0 Å². The van der Waals surface area contributed by atoms with Crippen LogP contribution in [0.1, 0.15) is 99.9 Å². The van der Waals surface area contributed by atoms with Crippen LogP contribution in [0.3, 0.4) is 0 Å². The molecule has 0 bridgehead atoms. The van der Waals surface area contributed by atoms with Crippen LogP contribution < -0.4 is 0 Å². The fraction of sp³-hybridized carbons (Fsp3) is 0.696. The molecular weight excluding hydrogens is 292 g/mol. The molecule has 0 aliphatic heterocycles. The Balaban J connectivity index is 1.48. The first kappa shape index (κ1) is 17.7. The first-order valence-electron chi connectivity index (χ1n) is 10.3. The van der Waals surface area contributed by atoms with Crippen molar-refractivity contribution in [2.75, 3.05) is 0 Å². The Kier molecular flexibility index (Phi) is 6.14. The van der Waals surface area contributed by atoms with Crippen molar-refractivity contribution in [1.29, 1.82) is 0 Å². The fourth-order valence-electron chi connectivity index (χ4n) is 5.27. The zero-order valence-electron chi connectivity index (χ0n) is 15.6. The number of carbonyl (C=O) groups excluding carboxylic acids is 1. The number of rotatable bonds is 5. The Bertz CT molecular complexity index is 513. The maximum Gasteiger partial charge on any atom is 0.159 e. The number of Topliss-reactive ketones (excluding diaryl/α,β-unsaturated/α-hetero) is 1. The second-order valence-electron chi connectivity index (χ2n) is 8.36. The Morgan fingerprint density at radius 1 is 0.875 bits per heavy atom. The summed E-state index contributed by atoms with van der Waals surface area (Å²) in [4.78, 5) is 11.4. The molecule has 1 nitrogen and oxygen atoms in total. The van der Waals surface area contributed by atoms with Crippen molar-refractivity contribution in [3.8, 4) is 0 Å². The molecule has 2 saturated carbocycles. The maximum atomic E-state index is 11.4. The number of benzene rings is 1. The topological polar surface area (TPSA) is 17.1 Å². The Labute approximate surface area is 148 Å². The molecule has 3 rings (SSSR count). The predicted octanol–water partition coefficient (Wildman–Crippen LogP) is 6.77. The van der Waals surface area contributed by atoms with Gasteiger partial charge < -0.3 is 0 Å². The van der Waals surface area contributed by atoms with Gasteiger partial charge in [-0.2, -0.15) is 0 Å². The molecule has 0 aromatic heterocycles. The van der Waals surface area contributed by atoms with Gasteiger partial charge in [-0.25, -0.2) is 0 Å². The summed E-state index contributed by atoms with van der Waals surface area (Å²) in [5.74, 6) is 3.92. The van der Waals surface area contributed by atoms with Crippen molar-refractivity contribution < 1.29 is 4.79 Å². The van der Waals surface area contributed by atoms with E-state index in [0.29, 0.717) is 0 Å². The highest BCUT2D eigenvalue weighted by Crippen LogP contribution is 2.44. The van der Waals surface area contributed by atoms with Gasteiger partial charge in [0, 0.05) is 5.56 Å². The lowest BCUT2D eigenvalue weighted by molar-refractivity contribution is 0.101. The van der Waals surface area contributed by atoms with Crippen molar-refractivity contribution in [1.82, 2.24) is 0 Å². The van der Waals surface area contributed by atoms with E-state index in [4.69, 9.17) is 0 Å². The lowest BCUT2D eigenvalue weighted by Gasteiger charge is -2.38. The Morgan fingerprint density at radius 3 is 1.92 bits per heavy atom. The third-order valence-corrected chi connectivity index (χ3v) is 6.82. The molecule has 0 heterocycles. The van der Waals surface area contributed by atoms with Crippen LogP contribution in [0, 0.1) is 17.8 Å². The average Bonchev–Trinajstić information content (AvgIpc) is 2.63. The number of hydrogen-bond acceptors (Lipinski definition) is 1. The van der Waals surface area contributed by atoms with Gasteiger partial charge in [-0.05, 0) is 74.7 Å². The maximum absolute atomic E-state index is 11.4. The molecule has 2 aliphatic carbocycles. The summed E-state index contributed by atoms with van der Waals surface area (Å²) in [5, 5.41) is 0. The van der Waals surface area contributed by atoms with Gasteiger partial charge in [-0.3, -0.25) is 4.79 Å². The quantitative estimate of drug-likeness (QED) is 0.546. The highest BCUT2D eigenvalue weighted by atomic mass is 16.1. The van der Waals surface area contributed by atoms with Crippen LogP contribution in [0.5, 0.6) is 0 Å². The summed E-state index contributed by atoms with van der Waals surface area (Å²) in [6, 6.07) is 8.41. The van der Waals surface area contributed by atoms with Crippen LogP contribution in [0.4, 0.5) is 0 Å². The average molecular weight is 327 g/mol. The SMILES string of the molecule is CCCC1CCC(C2CCC(c3ccc(C(C)=O)cc3)CC2)CC1. The Morgan fingerprint density at radius 2 is 1.42 bits per heavy atom. The summed E-state index contributed by atoms with van der Waals surface area (Å²) >= 11 is 0. The molecule has 2 aliphatic rings. The van der Waals surface area contributed by atoms with E-state index in [9.17, 15) is 4.79 Å². The highest BCUT2D eigenvalue weighted by molar-refractivity contribution is 5.94. The fourth-order valence-corrected chi connectivity index (χ4v) is 5.27. The van der Waals surface area contributed by atoms with Gasteiger partial charge in [-0.15, -0.1) is 0 Å². The lowest BCUT2D eigenvalue weighted by Crippen LogP contribution is -2.25. The van der Waals surface area contributed by atoms with E-state index in [-0.39, 0.29) is 5.78 Å². The van der Waals surface area contributed by atoms with Gasteiger partial charge in [0.1, 0.15) is 0 Å². The van der Waals surface area contributed by atoms with Crippen LogP contribution >= 0.6 is 0 Å². The molecule has 1 heteroatoms. The summed E-state index contributed by atoms with van der Waals surface area (Å²) in [6.45, 7) is 3.98. The van der Waals surface area contributed by atoms with E-state index in [2.05, 4.69) is 19.1 Å². The second kappa shape index (κ2) is 8.32. The van der Waals surface area contributed by atoms with Crippen molar-refractivity contribution in [2.24, 2.45) is 17.8 Å². The normalized spacial score (nSPS) is 30.9. The molecule has 1 aromatic rings. The molecule has 0 radical (unpaired) electrons. The highest BCUT2D eigenvalue weighted by Gasteiger charge is 2.31. The van der Waals surface area contributed by atoms with Crippen LogP contribution in [0.2, 0.25) is 0 Å². The molecule has 0 atom stereocenters. The van der Waals surface area contributed by atoms with Crippen molar-refractivity contribution in [3.05, 3.63) is 35.4 Å². The third-order valence-electron chi connectivity index (χ3n) is 6.82. The minimum Gasteiger partial charge on any atom is -0.295 e. The zero-order chi connectivity index (χ0) is 16.9. The van der Waals surface area contributed by atoms with E-state index < -0.39 is 0 Å². The van der Waals surface area contributed by atoms with Gasteiger partial charge in [0.05, 0.1) is 0 Å². The summed E-state index contributed by atoms with van der Waals surface area (Å²) < 4.78 is 0.